The second-order valence-electron chi connectivity index (χ2n) is 8.38. The number of carbonyl (C=O) groups excluding carboxylic acids is 1. The number of nitrogens with zero attached hydrogens (tertiary/aromatic N) is 3. The van der Waals surface area contributed by atoms with Gasteiger partial charge in [0.25, 0.3) is 0 Å². The molecule has 1 unspecified atom stereocenters. The summed E-state index contributed by atoms with van der Waals surface area (Å²) in [6.45, 7) is 6.02. The minimum Gasteiger partial charge on any atom is -0.346 e. The average Bonchev–Trinajstić information content (AvgIpc) is 3.24. The number of aryl methyl sites for hydroxylation is 2. The van der Waals surface area contributed by atoms with Crippen LogP contribution in [0.3, 0.4) is 0 Å². The van der Waals surface area contributed by atoms with E-state index < -0.39 is 0 Å². The monoisotopic (exact) mass is 474 g/mol. The maximum absolute atomic E-state index is 13.2. The van der Waals surface area contributed by atoms with E-state index in [0.717, 1.165) is 27.7 Å². The normalized spacial score (nSPS) is 11.9. The summed E-state index contributed by atoms with van der Waals surface area (Å²) in [5.74, 6) is 0.936. The summed E-state index contributed by atoms with van der Waals surface area (Å²) in [6, 6.07) is 22.2. The first-order valence-corrected chi connectivity index (χ1v) is 12.1. The first-order chi connectivity index (χ1) is 16.4. The number of rotatable bonds is 8. The van der Waals surface area contributed by atoms with E-state index in [4.69, 9.17) is 0 Å². The molecule has 1 N–H and O–H groups in total. The Balaban J connectivity index is 1.56. The highest BCUT2D eigenvalue weighted by Gasteiger charge is 2.21. The maximum atomic E-state index is 13.2. The summed E-state index contributed by atoms with van der Waals surface area (Å²) in [5, 5.41) is 12.7. The van der Waals surface area contributed by atoms with E-state index >= 15 is 0 Å². The van der Waals surface area contributed by atoms with Crippen molar-refractivity contribution in [3.63, 3.8) is 0 Å². The molecule has 1 aromatic heterocycles. The van der Waals surface area contributed by atoms with E-state index in [1.807, 2.05) is 42.7 Å². The molecule has 0 bridgehead atoms. The SMILES string of the molecule is Cc1ccc(-n2c(SCc3cccc(C)c3)nnc2C(C)NC(=O)Cc2ccc(F)cc2)cc1. The van der Waals surface area contributed by atoms with Crippen LogP contribution in [0.5, 0.6) is 0 Å². The van der Waals surface area contributed by atoms with Gasteiger partial charge in [0.1, 0.15) is 5.82 Å². The molecular formula is C27H27FN4OS. The van der Waals surface area contributed by atoms with Gasteiger partial charge in [0.05, 0.1) is 12.5 Å². The Kier molecular flexibility index (Phi) is 7.43. The molecule has 0 aliphatic heterocycles. The van der Waals surface area contributed by atoms with Crippen molar-refractivity contribution in [1.82, 2.24) is 20.1 Å². The molecule has 174 valence electrons. The molecule has 0 fully saturated rings. The Bertz CT molecular complexity index is 1270. The lowest BCUT2D eigenvalue weighted by molar-refractivity contribution is -0.121. The van der Waals surface area contributed by atoms with Gasteiger partial charge in [0.15, 0.2) is 11.0 Å². The molecule has 34 heavy (non-hydrogen) atoms. The molecule has 0 spiro atoms. The Labute approximate surface area is 203 Å². The van der Waals surface area contributed by atoms with Crippen LogP contribution in [0.1, 0.15) is 41.0 Å². The zero-order valence-electron chi connectivity index (χ0n) is 19.5. The van der Waals surface area contributed by atoms with Gasteiger partial charge in [-0.15, -0.1) is 10.2 Å². The van der Waals surface area contributed by atoms with Gasteiger partial charge in [-0.05, 0) is 56.2 Å². The maximum Gasteiger partial charge on any atom is 0.224 e. The Morgan fingerprint density at radius 2 is 1.71 bits per heavy atom. The minimum atomic E-state index is -0.366. The van der Waals surface area contributed by atoms with Gasteiger partial charge in [-0.3, -0.25) is 9.36 Å². The van der Waals surface area contributed by atoms with Crippen molar-refractivity contribution < 1.29 is 9.18 Å². The van der Waals surface area contributed by atoms with Crippen molar-refractivity contribution in [2.24, 2.45) is 0 Å². The molecule has 7 heteroatoms. The van der Waals surface area contributed by atoms with Crippen molar-refractivity contribution in [2.75, 3.05) is 0 Å². The van der Waals surface area contributed by atoms with Gasteiger partial charge >= 0.3 is 0 Å². The molecule has 4 rings (SSSR count). The average molecular weight is 475 g/mol. The molecule has 1 amide bonds. The number of amides is 1. The molecular weight excluding hydrogens is 447 g/mol. The third kappa shape index (κ3) is 5.91. The largest absolute Gasteiger partial charge is 0.346 e. The Hall–Kier alpha value is -3.45. The second kappa shape index (κ2) is 10.7. The summed E-state index contributed by atoms with van der Waals surface area (Å²) in [7, 11) is 0. The lowest BCUT2D eigenvalue weighted by atomic mass is 10.1. The Morgan fingerprint density at radius 1 is 0.971 bits per heavy atom. The molecule has 3 aromatic carbocycles. The quantitative estimate of drug-likeness (QED) is 0.331. The fourth-order valence-corrected chi connectivity index (χ4v) is 4.59. The van der Waals surface area contributed by atoms with Crippen LogP contribution < -0.4 is 5.32 Å². The van der Waals surface area contributed by atoms with Crippen LogP contribution >= 0.6 is 11.8 Å². The number of hydrogen-bond donors (Lipinski definition) is 1. The lowest BCUT2D eigenvalue weighted by Crippen LogP contribution is -2.30. The summed E-state index contributed by atoms with van der Waals surface area (Å²) in [4.78, 5) is 12.7. The predicted octanol–water partition coefficient (Wildman–Crippen LogP) is 5.74. The summed E-state index contributed by atoms with van der Waals surface area (Å²) in [6.07, 6.45) is 0.165. The Morgan fingerprint density at radius 3 is 2.41 bits per heavy atom. The van der Waals surface area contributed by atoms with Crippen molar-refractivity contribution in [3.8, 4) is 5.69 Å². The highest BCUT2D eigenvalue weighted by molar-refractivity contribution is 7.98. The molecule has 0 aliphatic carbocycles. The molecule has 0 aliphatic rings. The van der Waals surface area contributed by atoms with Gasteiger partial charge in [0.2, 0.25) is 5.91 Å². The molecule has 0 radical (unpaired) electrons. The van der Waals surface area contributed by atoms with Gasteiger partial charge in [-0.2, -0.15) is 0 Å². The second-order valence-corrected chi connectivity index (χ2v) is 9.32. The third-order valence-corrected chi connectivity index (χ3v) is 6.44. The molecule has 1 heterocycles. The number of carbonyl (C=O) groups is 1. The molecule has 0 saturated heterocycles. The molecule has 4 aromatic rings. The summed E-state index contributed by atoms with van der Waals surface area (Å²) in [5.41, 5.74) is 5.28. The number of hydrogen-bond acceptors (Lipinski definition) is 4. The van der Waals surface area contributed by atoms with Crippen molar-refractivity contribution >= 4 is 17.7 Å². The zero-order valence-corrected chi connectivity index (χ0v) is 20.3. The van der Waals surface area contributed by atoms with Gasteiger partial charge in [-0.25, -0.2) is 4.39 Å². The van der Waals surface area contributed by atoms with E-state index in [2.05, 4.69) is 46.7 Å². The first-order valence-electron chi connectivity index (χ1n) is 11.1. The first kappa shape index (κ1) is 23.7. The number of aromatic nitrogens is 3. The lowest BCUT2D eigenvalue weighted by Gasteiger charge is -2.16. The van der Waals surface area contributed by atoms with Crippen LogP contribution in [0.25, 0.3) is 5.69 Å². The van der Waals surface area contributed by atoms with Crippen LogP contribution in [-0.4, -0.2) is 20.7 Å². The van der Waals surface area contributed by atoms with Crippen molar-refractivity contribution in [2.45, 2.75) is 44.1 Å². The summed E-state index contributed by atoms with van der Waals surface area (Å²) >= 11 is 1.61. The predicted molar refractivity (Wildman–Crippen MR) is 133 cm³/mol. The highest BCUT2D eigenvalue weighted by atomic mass is 32.2. The van der Waals surface area contributed by atoms with E-state index in [1.165, 1.54) is 23.3 Å². The third-order valence-electron chi connectivity index (χ3n) is 5.44. The number of nitrogens with one attached hydrogen (secondary N) is 1. The van der Waals surface area contributed by atoms with E-state index in [0.29, 0.717) is 5.82 Å². The fraction of sp³-hybridized carbons (Fsp3) is 0.222. The highest BCUT2D eigenvalue weighted by Crippen LogP contribution is 2.28. The zero-order chi connectivity index (χ0) is 24.1. The summed E-state index contributed by atoms with van der Waals surface area (Å²) < 4.78 is 15.2. The smallest absolute Gasteiger partial charge is 0.224 e. The number of halogens is 1. The van der Waals surface area contributed by atoms with Crippen LogP contribution in [-0.2, 0) is 17.0 Å². The molecule has 1 atom stereocenters. The van der Waals surface area contributed by atoms with Crippen LogP contribution in [0.15, 0.2) is 78.0 Å². The van der Waals surface area contributed by atoms with Crippen molar-refractivity contribution in [3.05, 3.63) is 107 Å². The fourth-order valence-electron chi connectivity index (χ4n) is 3.69. The van der Waals surface area contributed by atoms with Crippen LogP contribution in [0.2, 0.25) is 0 Å². The van der Waals surface area contributed by atoms with E-state index in [1.54, 1.807) is 23.9 Å². The van der Waals surface area contributed by atoms with E-state index in [9.17, 15) is 9.18 Å². The van der Waals surface area contributed by atoms with Gasteiger partial charge in [-0.1, -0.05) is 71.4 Å². The van der Waals surface area contributed by atoms with Gasteiger partial charge < -0.3 is 5.32 Å². The number of benzene rings is 3. The van der Waals surface area contributed by atoms with Crippen LogP contribution in [0.4, 0.5) is 4.39 Å². The topological polar surface area (TPSA) is 59.8 Å². The molecule has 5 nitrogen and oxygen atoms in total. The number of thioether (sulfide) groups is 1. The van der Waals surface area contributed by atoms with Crippen LogP contribution in [0, 0.1) is 19.7 Å². The standard InChI is InChI=1S/C27H27FN4OS/c1-18-7-13-24(14-8-18)32-26(20(3)29-25(33)16-21-9-11-23(28)12-10-21)30-31-27(32)34-17-22-6-4-5-19(2)15-22/h4-15,20H,16-17H2,1-3H3,(H,29,33). The molecule has 0 saturated carbocycles. The van der Waals surface area contributed by atoms with Gasteiger partial charge in [0, 0.05) is 11.4 Å². The minimum absolute atomic E-state index is 0.161. The van der Waals surface area contributed by atoms with Crippen molar-refractivity contribution in [1.29, 1.82) is 0 Å². The van der Waals surface area contributed by atoms with E-state index in [-0.39, 0.29) is 24.2 Å².